The zero-order chi connectivity index (χ0) is 19.4. The van der Waals surface area contributed by atoms with Crippen molar-refractivity contribution in [3.05, 3.63) is 64.7 Å². The molecule has 0 unspecified atom stereocenters. The summed E-state index contributed by atoms with van der Waals surface area (Å²) >= 11 is 1.60. The standard InChI is InChI=1S/C21H23N3O2S/c1-14-8-4-5-9-16(14)20(26)22-13-12-19(25)24(3)15(2)21-23-17-10-6-7-11-18(17)27-21/h4-11,15H,12-13H2,1-3H3,(H,22,26)/t15-/m0/s1. The molecular weight excluding hydrogens is 358 g/mol. The van der Waals surface area contributed by atoms with E-state index in [4.69, 9.17) is 0 Å². The molecular formula is C21H23N3O2S. The highest BCUT2D eigenvalue weighted by Gasteiger charge is 2.20. The Morgan fingerprint density at radius 3 is 2.59 bits per heavy atom. The number of carbonyl (C=O) groups excluding carboxylic acids is 2. The summed E-state index contributed by atoms with van der Waals surface area (Å²) in [6, 6.07) is 15.3. The smallest absolute Gasteiger partial charge is 0.251 e. The van der Waals surface area contributed by atoms with Crippen molar-refractivity contribution < 1.29 is 9.59 Å². The normalized spacial score (nSPS) is 12.0. The van der Waals surface area contributed by atoms with Gasteiger partial charge >= 0.3 is 0 Å². The maximum atomic E-state index is 12.5. The molecule has 140 valence electrons. The molecule has 1 heterocycles. The Bertz CT molecular complexity index is 934. The summed E-state index contributed by atoms with van der Waals surface area (Å²) in [5, 5.41) is 3.74. The van der Waals surface area contributed by atoms with Gasteiger partial charge in [-0.25, -0.2) is 4.98 Å². The third kappa shape index (κ3) is 4.34. The fourth-order valence-electron chi connectivity index (χ4n) is 2.83. The molecule has 2 amide bonds. The number of amides is 2. The molecule has 2 aromatic carbocycles. The second-order valence-electron chi connectivity index (χ2n) is 6.52. The molecule has 1 N–H and O–H groups in total. The van der Waals surface area contributed by atoms with Crippen LogP contribution >= 0.6 is 11.3 Å². The molecule has 1 atom stereocenters. The highest BCUT2D eigenvalue weighted by molar-refractivity contribution is 7.18. The first-order valence-electron chi connectivity index (χ1n) is 8.92. The first-order valence-corrected chi connectivity index (χ1v) is 9.74. The van der Waals surface area contributed by atoms with Crippen molar-refractivity contribution in [1.82, 2.24) is 15.2 Å². The van der Waals surface area contributed by atoms with Crippen molar-refractivity contribution in [3.63, 3.8) is 0 Å². The Hall–Kier alpha value is -2.73. The summed E-state index contributed by atoms with van der Waals surface area (Å²) in [7, 11) is 1.78. The average Bonchev–Trinajstić information content (AvgIpc) is 3.11. The van der Waals surface area contributed by atoms with Gasteiger partial charge in [-0.2, -0.15) is 0 Å². The molecule has 0 saturated carbocycles. The van der Waals surface area contributed by atoms with Gasteiger partial charge in [0, 0.05) is 25.6 Å². The van der Waals surface area contributed by atoms with Gasteiger partial charge in [-0.15, -0.1) is 11.3 Å². The molecule has 3 aromatic rings. The van der Waals surface area contributed by atoms with Crippen molar-refractivity contribution >= 4 is 33.4 Å². The molecule has 0 spiro atoms. The van der Waals surface area contributed by atoms with Gasteiger partial charge in [-0.05, 0) is 37.6 Å². The number of fused-ring (bicyclic) bond motifs is 1. The molecule has 27 heavy (non-hydrogen) atoms. The van der Waals surface area contributed by atoms with Crippen LogP contribution in [0.3, 0.4) is 0 Å². The number of hydrogen-bond acceptors (Lipinski definition) is 4. The summed E-state index contributed by atoms with van der Waals surface area (Å²) in [6.07, 6.45) is 0.253. The van der Waals surface area contributed by atoms with E-state index in [2.05, 4.69) is 10.3 Å². The van der Waals surface area contributed by atoms with E-state index in [1.165, 1.54) is 0 Å². The van der Waals surface area contributed by atoms with E-state index in [1.807, 2.05) is 56.3 Å². The maximum absolute atomic E-state index is 12.5. The Kier molecular flexibility index (Phi) is 5.86. The number of rotatable bonds is 6. The summed E-state index contributed by atoms with van der Waals surface area (Å²) in [4.78, 5) is 31.1. The fraction of sp³-hybridized carbons (Fsp3) is 0.286. The topological polar surface area (TPSA) is 62.3 Å². The van der Waals surface area contributed by atoms with Crippen LogP contribution in [-0.4, -0.2) is 35.3 Å². The number of benzene rings is 2. The van der Waals surface area contributed by atoms with Crippen molar-refractivity contribution in [1.29, 1.82) is 0 Å². The van der Waals surface area contributed by atoms with Crippen LogP contribution in [0.25, 0.3) is 10.2 Å². The molecule has 1 aromatic heterocycles. The van der Waals surface area contributed by atoms with Gasteiger partial charge in [0.2, 0.25) is 5.91 Å². The molecule has 0 aliphatic carbocycles. The van der Waals surface area contributed by atoms with Crippen LogP contribution in [0.15, 0.2) is 48.5 Å². The molecule has 0 aliphatic rings. The third-order valence-electron chi connectivity index (χ3n) is 4.66. The van der Waals surface area contributed by atoms with Gasteiger partial charge in [-0.3, -0.25) is 9.59 Å². The van der Waals surface area contributed by atoms with Crippen LogP contribution in [0.4, 0.5) is 0 Å². The average molecular weight is 382 g/mol. The Balaban J connectivity index is 1.55. The van der Waals surface area contributed by atoms with Crippen LogP contribution < -0.4 is 5.32 Å². The first kappa shape index (κ1) is 19.0. The minimum atomic E-state index is -0.150. The van der Waals surface area contributed by atoms with Crippen molar-refractivity contribution in [3.8, 4) is 0 Å². The molecule has 0 radical (unpaired) electrons. The highest BCUT2D eigenvalue weighted by atomic mass is 32.1. The Labute approximate surface area is 163 Å². The van der Waals surface area contributed by atoms with Gasteiger partial charge in [0.15, 0.2) is 0 Å². The van der Waals surface area contributed by atoms with Gasteiger partial charge < -0.3 is 10.2 Å². The largest absolute Gasteiger partial charge is 0.352 e. The summed E-state index contributed by atoms with van der Waals surface area (Å²) < 4.78 is 1.12. The van der Waals surface area contributed by atoms with E-state index in [9.17, 15) is 9.59 Å². The minimum Gasteiger partial charge on any atom is -0.352 e. The molecule has 6 heteroatoms. The molecule has 0 bridgehead atoms. The molecule has 0 saturated heterocycles. The van der Waals surface area contributed by atoms with Crippen LogP contribution in [0.1, 0.15) is 40.3 Å². The number of nitrogens with one attached hydrogen (secondary N) is 1. The summed E-state index contributed by atoms with van der Waals surface area (Å²) in [5.74, 6) is -0.172. The number of carbonyl (C=O) groups is 2. The first-order chi connectivity index (χ1) is 13.0. The van der Waals surface area contributed by atoms with E-state index in [0.717, 1.165) is 20.8 Å². The number of thiazole rings is 1. The monoisotopic (exact) mass is 381 g/mol. The number of nitrogens with zero attached hydrogens (tertiary/aromatic N) is 2. The lowest BCUT2D eigenvalue weighted by Crippen LogP contribution is -2.33. The predicted octanol–water partition coefficient (Wildman–Crippen LogP) is 3.94. The summed E-state index contributed by atoms with van der Waals surface area (Å²) in [6.45, 7) is 4.18. The second kappa shape index (κ2) is 8.31. The van der Waals surface area contributed by atoms with E-state index in [1.54, 1.807) is 29.4 Å². The lowest BCUT2D eigenvalue weighted by atomic mass is 10.1. The number of para-hydroxylation sites is 1. The number of aryl methyl sites for hydroxylation is 1. The second-order valence-corrected chi connectivity index (χ2v) is 7.58. The maximum Gasteiger partial charge on any atom is 0.251 e. The van der Waals surface area contributed by atoms with Crippen molar-refractivity contribution in [2.24, 2.45) is 0 Å². The van der Waals surface area contributed by atoms with Gasteiger partial charge in [0.05, 0.1) is 16.3 Å². The molecule has 0 aliphatic heterocycles. The molecule has 0 fully saturated rings. The van der Waals surface area contributed by atoms with Gasteiger partial charge in [-0.1, -0.05) is 30.3 Å². The van der Waals surface area contributed by atoms with Crippen LogP contribution in [-0.2, 0) is 4.79 Å². The zero-order valence-electron chi connectivity index (χ0n) is 15.7. The van der Waals surface area contributed by atoms with Gasteiger partial charge in [0.25, 0.3) is 5.91 Å². The van der Waals surface area contributed by atoms with Crippen LogP contribution in [0.2, 0.25) is 0 Å². The van der Waals surface area contributed by atoms with Crippen molar-refractivity contribution in [2.75, 3.05) is 13.6 Å². The number of hydrogen-bond donors (Lipinski definition) is 1. The summed E-state index contributed by atoms with van der Waals surface area (Å²) in [5.41, 5.74) is 2.51. The van der Waals surface area contributed by atoms with E-state index < -0.39 is 0 Å². The highest BCUT2D eigenvalue weighted by Crippen LogP contribution is 2.28. The minimum absolute atomic E-state index is 0.0214. The zero-order valence-corrected chi connectivity index (χ0v) is 16.5. The lowest BCUT2D eigenvalue weighted by Gasteiger charge is -2.23. The molecule has 3 rings (SSSR count). The lowest BCUT2D eigenvalue weighted by molar-refractivity contribution is -0.131. The quantitative estimate of drug-likeness (QED) is 0.703. The van der Waals surface area contributed by atoms with Crippen LogP contribution in [0.5, 0.6) is 0 Å². The fourth-order valence-corrected chi connectivity index (χ4v) is 3.90. The van der Waals surface area contributed by atoms with E-state index >= 15 is 0 Å². The Morgan fingerprint density at radius 1 is 1.15 bits per heavy atom. The van der Waals surface area contributed by atoms with E-state index in [-0.39, 0.29) is 24.3 Å². The van der Waals surface area contributed by atoms with Crippen LogP contribution in [0, 0.1) is 6.92 Å². The Morgan fingerprint density at radius 2 is 1.85 bits per heavy atom. The predicted molar refractivity (Wildman–Crippen MR) is 109 cm³/mol. The SMILES string of the molecule is Cc1ccccc1C(=O)NCCC(=O)N(C)[C@@H](C)c1nc2ccccc2s1. The van der Waals surface area contributed by atoms with E-state index in [0.29, 0.717) is 12.1 Å². The van der Waals surface area contributed by atoms with Gasteiger partial charge in [0.1, 0.15) is 5.01 Å². The third-order valence-corrected chi connectivity index (χ3v) is 5.86. The van der Waals surface area contributed by atoms with Crippen molar-refractivity contribution in [2.45, 2.75) is 26.3 Å². The number of aromatic nitrogens is 1. The molecule has 5 nitrogen and oxygen atoms in total.